The van der Waals surface area contributed by atoms with Crippen LogP contribution >= 0.6 is 0 Å². The molecule has 8 heterocycles. The van der Waals surface area contributed by atoms with Crippen molar-refractivity contribution >= 4 is 47.0 Å². The minimum atomic E-state index is -1.64. The number of alkyl halides is 2. The van der Waals surface area contributed by atoms with E-state index in [0.29, 0.717) is 69.4 Å². The van der Waals surface area contributed by atoms with E-state index in [4.69, 9.17) is 44.0 Å². The number of imidazole rings is 2. The number of H-pyrrole nitrogens is 1. The van der Waals surface area contributed by atoms with E-state index in [2.05, 4.69) is 36.6 Å². The van der Waals surface area contributed by atoms with E-state index in [1.807, 2.05) is 54.5 Å². The molecule has 72 heavy (non-hydrogen) atoms. The minimum absolute atomic E-state index is 0.103. The van der Waals surface area contributed by atoms with Crippen LogP contribution in [0.15, 0.2) is 43.0 Å². The lowest BCUT2D eigenvalue weighted by Crippen LogP contribution is -2.68. The molecule has 7 saturated carbocycles. The Hall–Kier alpha value is -7.21. The van der Waals surface area contributed by atoms with E-state index < -0.39 is 42.8 Å². The fourth-order valence-corrected chi connectivity index (χ4v) is 11.9. The summed E-state index contributed by atoms with van der Waals surface area (Å²) in [5.74, 6) is 2.48. The molecule has 0 radical (unpaired) electrons. The standard InChI is InChI=1S/C48H54F2N16O6/c1-23-39(30-18-52-63(3)24(30)2)42-51-5-6-64(42)43(53-23)57-37-11-33(27-7-31(49)34(8-27)71-45(67)58-47-12-25(13-47)14-47)66(62-37)20-28-9-38-54-29(21-69-4)19-65(38)44(55-28)56-36-10-32(60-61-36)41-40(50)35(22-70-41)72-46(68)59-48-15-26(16-48)17-48/h5-6,9-11,18-19,25-27,31,34-35,40-41H,7-8,12-17,20-22H2,1-4H3,(H,58,67)(H,59,68)(H,53,57,62)(H2,55,56,60,61)/t25?,26?,27-,31+,34-,35-,40+,41-,47?,48?/m0/s1. The number of ether oxygens (including phenoxy) is 4. The highest BCUT2D eigenvalue weighted by Gasteiger charge is 2.59. The van der Waals surface area contributed by atoms with Gasteiger partial charge >= 0.3 is 12.2 Å². The summed E-state index contributed by atoms with van der Waals surface area (Å²) in [6.07, 6.45) is 5.77. The maximum Gasteiger partial charge on any atom is 0.408 e. The van der Waals surface area contributed by atoms with E-state index >= 15 is 8.78 Å². The van der Waals surface area contributed by atoms with E-state index in [1.54, 1.807) is 34.7 Å². The molecule has 376 valence electrons. The average Bonchev–Trinajstić information content (AvgIpc) is 4.17. The lowest BCUT2D eigenvalue weighted by atomic mass is 9.50. The average molecular weight is 989 g/mol. The SMILES string of the molecule is COCc1cn2c(Nc3cc([C@@H]4OC[C@H](OC(=O)NC56CC(C5)C6)[C@H]4F)[nH]n3)nc(Cn3nc(Nc4nc(C)c(-c5cnn(C)c5C)c5nccn45)cc3[C@H]3C[C@@H](F)[C@@H](OC(=O)NC45CC(C4)C5)C3)cc2n1. The smallest absolute Gasteiger partial charge is 0.408 e. The summed E-state index contributed by atoms with van der Waals surface area (Å²) in [6, 6.07) is 5.32. The Kier molecular flexibility index (Phi) is 10.4. The Morgan fingerprint density at radius 1 is 0.889 bits per heavy atom. The lowest BCUT2D eigenvalue weighted by Gasteiger charge is -2.61. The van der Waals surface area contributed by atoms with E-state index in [1.165, 1.54) is 0 Å². The first kappa shape index (κ1) is 44.7. The molecule has 5 N–H and O–H groups in total. The molecular formula is C48H54F2N16O6. The van der Waals surface area contributed by atoms with Crippen LogP contribution in [0.5, 0.6) is 0 Å². The van der Waals surface area contributed by atoms with Crippen LogP contribution < -0.4 is 21.3 Å². The van der Waals surface area contributed by atoms with Crippen molar-refractivity contribution in [2.45, 2.75) is 126 Å². The second kappa shape index (κ2) is 16.7. The number of methoxy groups -OCH3 is 1. The Bertz CT molecular complexity index is 3250. The summed E-state index contributed by atoms with van der Waals surface area (Å²) in [4.78, 5) is 45.2. The zero-order valence-electron chi connectivity index (χ0n) is 40.1. The second-order valence-electron chi connectivity index (χ2n) is 20.9. The molecule has 15 rings (SSSR count). The number of halogens is 2. The van der Waals surface area contributed by atoms with E-state index in [9.17, 15) is 9.59 Å². The van der Waals surface area contributed by atoms with Crippen molar-refractivity contribution in [1.82, 2.24) is 69.1 Å². The topological polar surface area (TPSA) is 244 Å². The summed E-state index contributed by atoms with van der Waals surface area (Å²) in [6.45, 7) is 4.16. The molecule has 1 aliphatic heterocycles. The summed E-state index contributed by atoms with van der Waals surface area (Å²) in [5, 5.41) is 29.4. The van der Waals surface area contributed by atoms with Gasteiger partial charge in [0.2, 0.25) is 11.9 Å². The van der Waals surface area contributed by atoms with Crippen LogP contribution in [-0.4, -0.2) is 120 Å². The fraction of sp³-hybridized carbons (Fsp3) is 0.521. The minimum Gasteiger partial charge on any atom is -0.443 e. The van der Waals surface area contributed by atoms with Crippen molar-refractivity contribution in [1.29, 1.82) is 0 Å². The number of aromatic nitrogens is 12. The molecule has 0 aromatic carbocycles. The number of fused-ring (bicyclic) bond motifs is 2. The molecule has 22 nitrogen and oxygen atoms in total. The number of hydrogen-bond donors (Lipinski definition) is 5. The van der Waals surface area contributed by atoms with Gasteiger partial charge < -0.3 is 40.2 Å². The number of alkyl carbamates (subject to hydrolysis) is 2. The van der Waals surface area contributed by atoms with Gasteiger partial charge in [-0.15, -0.1) is 0 Å². The van der Waals surface area contributed by atoms with Crippen LogP contribution in [0.1, 0.15) is 97.6 Å². The predicted octanol–water partition coefficient (Wildman–Crippen LogP) is 6.31. The van der Waals surface area contributed by atoms with Crippen LogP contribution in [0.25, 0.3) is 22.4 Å². The number of nitrogens with one attached hydrogen (secondary N) is 5. The number of anilines is 4. The highest BCUT2D eigenvalue weighted by atomic mass is 19.1. The van der Waals surface area contributed by atoms with Crippen molar-refractivity contribution in [3.05, 3.63) is 77.2 Å². The first-order chi connectivity index (χ1) is 34.8. The van der Waals surface area contributed by atoms with E-state index in [-0.39, 0.29) is 49.6 Å². The summed E-state index contributed by atoms with van der Waals surface area (Å²) in [5.41, 5.74) is 6.50. The van der Waals surface area contributed by atoms with Crippen molar-refractivity contribution in [3.63, 3.8) is 0 Å². The number of aromatic amines is 1. The Morgan fingerprint density at radius 3 is 2.31 bits per heavy atom. The lowest BCUT2D eigenvalue weighted by molar-refractivity contribution is -0.0533. The molecule has 8 fully saturated rings. The molecular weight excluding hydrogens is 935 g/mol. The molecule has 0 unspecified atom stereocenters. The Balaban J connectivity index is 0.790. The molecule has 7 aliphatic carbocycles. The molecule has 6 atom stereocenters. The number of hydrogen-bond acceptors (Lipinski definition) is 15. The third-order valence-electron chi connectivity index (χ3n) is 15.8. The first-order valence-electron chi connectivity index (χ1n) is 24.5. The van der Waals surface area contributed by atoms with Gasteiger partial charge in [-0.25, -0.2) is 38.3 Å². The largest absolute Gasteiger partial charge is 0.443 e. The number of carbonyl (C=O) groups is 2. The van der Waals surface area contributed by atoms with Crippen molar-refractivity contribution in [2.24, 2.45) is 18.9 Å². The third kappa shape index (κ3) is 7.67. The number of carbonyl (C=O) groups excluding carboxylic acids is 2. The molecule has 24 heteroatoms. The third-order valence-corrected chi connectivity index (χ3v) is 15.8. The van der Waals surface area contributed by atoms with Crippen molar-refractivity contribution in [3.8, 4) is 11.1 Å². The van der Waals surface area contributed by atoms with Gasteiger partial charge in [0, 0.05) is 90.5 Å². The number of aryl methyl sites for hydroxylation is 2. The molecule has 0 spiro atoms. The monoisotopic (exact) mass is 988 g/mol. The van der Waals surface area contributed by atoms with Gasteiger partial charge in [0.15, 0.2) is 23.9 Å². The second-order valence-corrected chi connectivity index (χ2v) is 20.9. The molecule has 4 bridgehead atoms. The molecule has 7 aromatic rings. The van der Waals surface area contributed by atoms with Crippen LogP contribution in [0.2, 0.25) is 0 Å². The molecule has 7 aromatic heterocycles. The maximum atomic E-state index is 16.0. The molecule has 2 amide bonds. The van der Waals surface area contributed by atoms with Gasteiger partial charge in [0.05, 0.1) is 48.7 Å². The summed E-state index contributed by atoms with van der Waals surface area (Å²) in [7, 11) is 3.47. The zero-order valence-corrected chi connectivity index (χ0v) is 40.1. The maximum absolute atomic E-state index is 16.0. The van der Waals surface area contributed by atoms with Crippen molar-refractivity contribution < 1.29 is 37.3 Å². The van der Waals surface area contributed by atoms with Gasteiger partial charge in [-0.1, -0.05) is 0 Å². The van der Waals surface area contributed by atoms with Gasteiger partial charge in [-0.3, -0.25) is 23.3 Å². The summed E-state index contributed by atoms with van der Waals surface area (Å²) < 4.78 is 61.5. The Labute approximate surface area is 410 Å². The van der Waals surface area contributed by atoms with E-state index in [0.717, 1.165) is 61.0 Å². The molecule has 8 aliphatic rings. The fourth-order valence-electron chi connectivity index (χ4n) is 11.9. The quantitative estimate of drug-likeness (QED) is 0.0756. The van der Waals surface area contributed by atoms with Gasteiger partial charge in [0.25, 0.3) is 0 Å². The Morgan fingerprint density at radius 2 is 1.61 bits per heavy atom. The van der Waals surface area contributed by atoms with Crippen LogP contribution in [0.4, 0.5) is 41.9 Å². The van der Waals surface area contributed by atoms with Crippen molar-refractivity contribution in [2.75, 3.05) is 24.4 Å². The highest BCUT2D eigenvalue weighted by molar-refractivity contribution is 5.82. The van der Waals surface area contributed by atoms with Gasteiger partial charge in [-0.05, 0) is 77.0 Å². The van der Waals surface area contributed by atoms with Gasteiger partial charge in [-0.2, -0.15) is 15.3 Å². The first-order valence-corrected chi connectivity index (χ1v) is 24.5. The zero-order chi connectivity index (χ0) is 49.2. The van der Waals surface area contributed by atoms with Gasteiger partial charge in [0.1, 0.15) is 29.7 Å². The highest BCUT2D eigenvalue weighted by Crippen LogP contribution is 2.58. The summed E-state index contributed by atoms with van der Waals surface area (Å²) >= 11 is 0. The van der Waals surface area contributed by atoms with Crippen LogP contribution in [-0.2, 0) is 39.1 Å². The molecule has 1 saturated heterocycles. The number of rotatable bonds is 15. The van der Waals surface area contributed by atoms with Crippen LogP contribution in [0.3, 0.4) is 0 Å². The predicted molar refractivity (Wildman–Crippen MR) is 252 cm³/mol. The normalized spacial score (nSPS) is 28.8. The van der Waals surface area contributed by atoms with Crippen LogP contribution in [0, 0.1) is 25.7 Å². The number of nitrogens with zero attached hydrogens (tertiary/aromatic N) is 11. The number of amides is 2.